The highest BCUT2D eigenvalue weighted by Gasteiger charge is 2.33. The molecule has 0 aromatic heterocycles. The van der Waals surface area contributed by atoms with E-state index >= 15 is 0 Å². The fraction of sp³-hybridized carbons (Fsp3) is 0.455. The van der Waals surface area contributed by atoms with Crippen molar-refractivity contribution >= 4 is 15.9 Å². The van der Waals surface area contributed by atoms with Crippen LogP contribution in [0.1, 0.15) is 24.9 Å². The van der Waals surface area contributed by atoms with Gasteiger partial charge in [0.1, 0.15) is 5.75 Å². The number of hydrogen-bond donors (Lipinski definition) is 2. The van der Waals surface area contributed by atoms with Crippen molar-refractivity contribution < 1.29 is 23.0 Å². The second-order valence-electron chi connectivity index (χ2n) is 3.73. The number of ether oxygens (including phenoxy) is 1. The predicted molar refractivity (Wildman–Crippen MR) is 64.1 cm³/mol. The van der Waals surface area contributed by atoms with Gasteiger partial charge >= 0.3 is 6.36 Å². The third-order valence-electron chi connectivity index (χ3n) is 2.39. The Bertz CT molecular complexity index is 412. The summed E-state index contributed by atoms with van der Waals surface area (Å²) in [7, 11) is 0. The summed E-state index contributed by atoms with van der Waals surface area (Å²) in [5.74, 6) is -0.397. The first kappa shape index (κ1) is 15.3. The van der Waals surface area contributed by atoms with Crippen molar-refractivity contribution in [3.63, 3.8) is 0 Å². The van der Waals surface area contributed by atoms with Crippen molar-refractivity contribution in [1.29, 1.82) is 0 Å². The van der Waals surface area contributed by atoms with Crippen LogP contribution in [0.4, 0.5) is 13.2 Å². The Morgan fingerprint density at radius 1 is 1.44 bits per heavy atom. The number of nitrogens with two attached hydrogens (primary N) is 1. The number of alkyl halides is 3. The average Bonchev–Trinajstić information content (AvgIpc) is 2.27. The van der Waals surface area contributed by atoms with Gasteiger partial charge in [0.05, 0.1) is 12.1 Å². The minimum absolute atomic E-state index is 0.107. The van der Waals surface area contributed by atoms with Crippen LogP contribution >= 0.6 is 15.9 Å². The van der Waals surface area contributed by atoms with E-state index in [-0.39, 0.29) is 5.56 Å². The van der Waals surface area contributed by atoms with E-state index in [4.69, 9.17) is 5.73 Å². The topological polar surface area (TPSA) is 55.5 Å². The Morgan fingerprint density at radius 2 is 2.06 bits per heavy atom. The standard InChI is InChI=1S/C11H13BrF3NO2/c1-2-8(17)10(16)7-5-6(12)3-4-9(7)18-11(13,14)15/h3-5,8,10,17H,2,16H2,1H3/t8-,10+/m1/s1. The molecule has 0 bridgehead atoms. The number of benzene rings is 1. The smallest absolute Gasteiger partial charge is 0.405 e. The van der Waals surface area contributed by atoms with Crippen molar-refractivity contribution in [1.82, 2.24) is 0 Å². The maximum absolute atomic E-state index is 12.2. The van der Waals surface area contributed by atoms with Gasteiger partial charge in [0.15, 0.2) is 0 Å². The molecule has 2 atom stereocenters. The van der Waals surface area contributed by atoms with E-state index in [0.29, 0.717) is 10.9 Å². The van der Waals surface area contributed by atoms with Gasteiger partial charge in [-0.25, -0.2) is 0 Å². The molecule has 0 radical (unpaired) electrons. The maximum Gasteiger partial charge on any atom is 0.573 e. The van der Waals surface area contributed by atoms with Crippen LogP contribution < -0.4 is 10.5 Å². The molecule has 0 aliphatic carbocycles. The van der Waals surface area contributed by atoms with Crippen molar-refractivity contribution in [3.05, 3.63) is 28.2 Å². The summed E-state index contributed by atoms with van der Waals surface area (Å²) in [6.07, 6.45) is -5.40. The van der Waals surface area contributed by atoms with Crippen LogP contribution in [0.5, 0.6) is 5.75 Å². The summed E-state index contributed by atoms with van der Waals surface area (Å²) >= 11 is 3.14. The van der Waals surface area contributed by atoms with Gasteiger partial charge in [-0.05, 0) is 24.6 Å². The second-order valence-corrected chi connectivity index (χ2v) is 4.65. The Labute approximate surface area is 111 Å². The Hall–Kier alpha value is -0.790. The zero-order valence-electron chi connectivity index (χ0n) is 9.54. The van der Waals surface area contributed by atoms with Gasteiger partial charge in [0, 0.05) is 10.0 Å². The van der Waals surface area contributed by atoms with E-state index in [1.165, 1.54) is 12.1 Å². The maximum atomic E-state index is 12.2. The molecule has 0 fully saturated rings. The Morgan fingerprint density at radius 3 is 2.56 bits per heavy atom. The molecule has 0 aliphatic rings. The molecule has 0 saturated heterocycles. The zero-order valence-corrected chi connectivity index (χ0v) is 11.1. The molecule has 3 nitrogen and oxygen atoms in total. The molecule has 3 N–H and O–H groups in total. The van der Waals surface area contributed by atoms with Gasteiger partial charge in [-0.2, -0.15) is 0 Å². The van der Waals surface area contributed by atoms with Gasteiger partial charge in [-0.1, -0.05) is 22.9 Å². The molecule has 1 rings (SSSR count). The summed E-state index contributed by atoms with van der Waals surface area (Å²) in [4.78, 5) is 0. The van der Waals surface area contributed by atoms with E-state index in [1.54, 1.807) is 6.92 Å². The van der Waals surface area contributed by atoms with Gasteiger partial charge < -0.3 is 15.6 Å². The molecule has 1 aromatic rings. The summed E-state index contributed by atoms with van der Waals surface area (Å²) in [5.41, 5.74) is 5.83. The lowest BCUT2D eigenvalue weighted by Gasteiger charge is -2.21. The van der Waals surface area contributed by atoms with Crippen molar-refractivity contribution in [2.45, 2.75) is 31.9 Å². The molecule has 0 saturated carbocycles. The molecule has 0 amide bonds. The normalized spacial score (nSPS) is 15.3. The highest BCUT2D eigenvalue weighted by atomic mass is 79.9. The van der Waals surface area contributed by atoms with Crippen molar-refractivity contribution in [2.75, 3.05) is 0 Å². The minimum atomic E-state index is -4.79. The zero-order chi connectivity index (χ0) is 13.9. The number of halogens is 4. The third-order valence-corrected chi connectivity index (χ3v) is 2.88. The van der Waals surface area contributed by atoms with Gasteiger partial charge in [-0.3, -0.25) is 0 Å². The third kappa shape index (κ3) is 4.15. The van der Waals surface area contributed by atoms with E-state index < -0.39 is 24.3 Å². The summed E-state index contributed by atoms with van der Waals surface area (Å²) in [6.45, 7) is 1.69. The van der Waals surface area contributed by atoms with Crippen LogP contribution in [0.2, 0.25) is 0 Å². The van der Waals surface area contributed by atoms with Crippen molar-refractivity contribution in [3.8, 4) is 5.75 Å². The molecule has 18 heavy (non-hydrogen) atoms. The van der Waals surface area contributed by atoms with Crippen LogP contribution in [0.15, 0.2) is 22.7 Å². The fourth-order valence-corrected chi connectivity index (χ4v) is 1.84. The lowest BCUT2D eigenvalue weighted by Crippen LogP contribution is -2.27. The van der Waals surface area contributed by atoms with Crippen LogP contribution in [0.3, 0.4) is 0 Å². The average molecular weight is 328 g/mol. The predicted octanol–water partition coefficient (Wildman–Crippen LogP) is 3.12. The Kier molecular flexibility index (Phi) is 5.01. The minimum Gasteiger partial charge on any atom is -0.405 e. The highest BCUT2D eigenvalue weighted by molar-refractivity contribution is 9.10. The molecule has 0 heterocycles. The van der Waals surface area contributed by atoms with Gasteiger partial charge in [0.2, 0.25) is 0 Å². The fourth-order valence-electron chi connectivity index (χ4n) is 1.46. The molecule has 0 unspecified atom stereocenters. The monoisotopic (exact) mass is 327 g/mol. The van der Waals surface area contributed by atoms with E-state index in [2.05, 4.69) is 20.7 Å². The van der Waals surface area contributed by atoms with Crippen LogP contribution in [-0.2, 0) is 0 Å². The van der Waals surface area contributed by atoms with Crippen LogP contribution in [0.25, 0.3) is 0 Å². The largest absolute Gasteiger partial charge is 0.573 e. The first-order chi connectivity index (χ1) is 8.24. The highest BCUT2D eigenvalue weighted by Crippen LogP contribution is 2.33. The lowest BCUT2D eigenvalue weighted by molar-refractivity contribution is -0.275. The number of aliphatic hydroxyl groups excluding tert-OH is 1. The molecule has 7 heteroatoms. The SMILES string of the molecule is CC[C@@H](O)[C@@H](N)c1cc(Br)ccc1OC(F)(F)F. The molecular weight excluding hydrogens is 315 g/mol. The lowest BCUT2D eigenvalue weighted by atomic mass is 10.00. The number of rotatable bonds is 4. The van der Waals surface area contributed by atoms with E-state index in [1.807, 2.05) is 0 Å². The summed E-state index contributed by atoms with van der Waals surface area (Å²) in [6, 6.07) is 3.04. The molecule has 0 aliphatic heterocycles. The van der Waals surface area contributed by atoms with Gasteiger partial charge in [0.25, 0.3) is 0 Å². The summed E-state index contributed by atoms with van der Waals surface area (Å²) in [5, 5.41) is 9.62. The summed E-state index contributed by atoms with van der Waals surface area (Å²) < 4.78 is 41.1. The Balaban J connectivity index is 3.11. The van der Waals surface area contributed by atoms with Crippen LogP contribution in [-0.4, -0.2) is 17.6 Å². The molecular formula is C11H13BrF3NO2. The van der Waals surface area contributed by atoms with Crippen molar-refractivity contribution in [2.24, 2.45) is 5.73 Å². The van der Waals surface area contributed by atoms with Crippen LogP contribution in [0, 0.1) is 0 Å². The number of aliphatic hydroxyl groups is 1. The van der Waals surface area contributed by atoms with Gasteiger partial charge in [-0.15, -0.1) is 13.2 Å². The number of hydrogen-bond acceptors (Lipinski definition) is 3. The quantitative estimate of drug-likeness (QED) is 0.893. The van der Waals surface area contributed by atoms with E-state index in [0.717, 1.165) is 6.07 Å². The first-order valence-corrected chi connectivity index (χ1v) is 6.02. The molecule has 1 aromatic carbocycles. The first-order valence-electron chi connectivity index (χ1n) is 5.23. The van der Waals surface area contributed by atoms with E-state index in [9.17, 15) is 18.3 Å². The molecule has 0 spiro atoms. The molecule has 102 valence electrons. The second kappa shape index (κ2) is 5.90.